The Morgan fingerprint density at radius 1 is 0.969 bits per heavy atom. The third-order valence-corrected chi connectivity index (χ3v) is 6.43. The van der Waals surface area contributed by atoms with Crippen molar-refractivity contribution in [1.29, 1.82) is 0 Å². The van der Waals surface area contributed by atoms with Gasteiger partial charge in [0.05, 0.1) is 22.8 Å². The molecule has 7 heteroatoms. The molecule has 5 rings (SSSR count). The van der Waals surface area contributed by atoms with Gasteiger partial charge in [0.15, 0.2) is 0 Å². The number of hydrogen-bond acceptors (Lipinski definition) is 4. The average molecular weight is 443 g/mol. The van der Waals surface area contributed by atoms with Gasteiger partial charge >= 0.3 is 0 Å². The fourth-order valence-electron chi connectivity index (χ4n) is 4.04. The summed E-state index contributed by atoms with van der Waals surface area (Å²) in [5.41, 5.74) is 5.51. The molecule has 0 saturated heterocycles. The number of nitrogens with zero attached hydrogens (tertiary/aromatic N) is 2. The number of aromatic nitrogens is 2. The highest BCUT2D eigenvalue weighted by atomic mass is 32.1. The maximum Gasteiger partial charge on any atom is 0.265 e. The minimum atomic E-state index is -0.196. The number of thiophene rings is 1. The lowest BCUT2D eigenvalue weighted by atomic mass is 10.1. The summed E-state index contributed by atoms with van der Waals surface area (Å²) in [6.45, 7) is 0.368. The van der Waals surface area contributed by atoms with Crippen LogP contribution in [0.15, 0.2) is 72.1 Å². The summed E-state index contributed by atoms with van der Waals surface area (Å²) in [5, 5.41) is 12.5. The van der Waals surface area contributed by atoms with E-state index in [-0.39, 0.29) is 11.8 Å². The Morgan fingerprint density at radius 2 is 1.84 bits per heavy atom. The van der Waals surface area contributed by atoms with Gasteiger partial charge in [-0.2, -0.15) is 5.10 Å². The summed E-state index contributed by atoms with van der Waals surface area (Å²) in [6.07, 6.45) is 3.09. The molecule has 1 aliphatic carbocycles. The van der Waals surface area contributed by atoms with Crippen LogP contribution in [-0.2, 0) is 19.4 Å². The number of anilines is 1. The van der Waals surface area contributed by atoms with Crippen LogP contribution in [0.1, 0.15) is 43.4 Å². The van der Waals surface area contributed by atoms with Gasteiger partial charge in [-0.25, -0.2) is 4.68 Å². The van der Waals surface area contributed by atoms with Crippen LogP contribution in [0.25, 0.3) is 5.69 Å². The first-order valence-electron chi connectivity index (χ1n) is 10.6. The molecule has 0 bridgehead atoms. The Morgan fingerprint density at radius 3 is 2.66 bits per heavy atom. The zero-order chi connectivity index (χ0) is 21.9. The van der Waals surface area contributed by atoms with E-state index >= 15 is 0 Å². The van der Waals surface area contributed by atoms with Crippen LogP contribution in [0.2, 0.25) is 0 Å². The Balaban J connectivity index is 1.29. The molecule has 2 amide bonds. The van der Waals surface area contributed by atoms with E-state index in [9.17, 15) is 9.59 Å². The quantitative estimate of drug-likeness (QED) is 0.458. The van der Waals surface area contributed by atoms with Crippen LogP contribution < -0.4 is 10.6 Å². The van der Waals surface area contributed by atoms with Crippen molar-refractivity contribution in [2.24, 2.45) is 0 Å². The predicted octanol–water partition coefficient (Wildman–Crippen LogP) is 4.60. The molecular formula is C25H22N4O2S. The van der Waals surface area contributed by atoms with Gasteiger partial charge in [-0.3, -0.25) is 9.59 Å². The van der Waals surface area contributed by atoms with E-state index in [1.54, 1.807) is 30.3 Å². The van der Waals surface area contributed by atoms with Crippen molar-refractivity contribution in [3.05, 3.63) is 99.5 Å². The molecule has 160 valence electrons. The van der Waals surface area contributed by atoms with Gasteiger partial charge in [0.2, 0.25) is 0 Å². The number of carbonyl (C=O) groups is 2. The molecule has 0 unspecified atom stereocenters. The van der Waals surface area contributed by atoms with Crippen molar-refractivity contribution in [1.82, 2.24) is 15.1 Å². The number of amides is 2. The number of hydrogen-bond donors (Lipinski definition) is 2. The monoisotopic (exact) mass is 442 g/mol. The molecule has 0 radical (unpaired) electrons. The van der Waals surface area contributed by atoms with Gasteiger partial charge < -0.3 is 10.6 Å². The summed E-state index contributed by atoms with van der Waals surface area (Å²) in [7, 11) is 0. The molecule has 4 aromatic rings. The van der Waals surface area contributed by atoms with Crippen molar-refractivity contribution in [2.45, 2.75) is 25.8 Å². The highest BCUT2D eigenvalue weighted by Crippen LogP contribution is 2.27. The first-order valence-corrected chi connectivity index (χ1v) is 11.5. The van der Waals surface area contributed by atoms with Gasteiger partial charge in [0.25, 0.3) is 11.8 Å². The molecule has 1 aliphatic rings. The Labute approximate surface area is 189 Å². The van der Waals surface area contributed by atoms with Crippen molar-refractivity contribution in [3.63, 3.8) is 0 Å². The summed E-state index contributed by atoms with van der Waals surface area (Å²) in [6, 6.07) is 20.7. The fraction of sp³-hybridized carbons (Fsp3) is 0.160. The van der Waals surface area contributed by atoms with E-state index in [1.807, 2.05) is 46.5 Å². The second kappa shape index (κ2) is 8.80. The SMILES string of the molecule is O=C(NCc1nn(-c2ccccc2)c2c1CCC2)c1cccc(NC(=O)c2cccs2)c1. The Hall–Kier alpha value is -3.71. The minimum Gasteiger partial charge on any atom is -0.346 e. The molecule has 0 atom stereocenters. The lowest BCUT2D eigenvalue weighted by molar-refractivity contribution is 0.0949. The van der Waals surface area contributed by atoms with Gasteiger partial charge in [0, 0.05) is 16.9 Å². The molecule has 0 saturated carbocycles. The number of benzene rings is 2. The van der Waals surface area contributed by atoms with E-state index in [4.69, 9.17) is 5.10 Å². The van der Waals surface area contributed by atoms with Crippen molar-refractivity contribution in [3.8, 4) is 5.69 Å². The molecule has 32 heavy (non-hydrogen) atoms. The third-order valence-electron chi connectivity index (χ3n) is 5.56. The topological polar surface area (TPSA) is 76.0 Å². The van der Waals surface area contributed by atoms with Crippen LogP contribution in [0.4, 0.5) is 5.69 Å². The van der Waals surface area contributed by atoms with Gasteiger partial charge in [-0.05, 0) is 66.6 Å². The molecule has 0 spiro atoms. The predicted molar refractivity (Wildman–Crippen MR) is 125 cm³/mol. The summed E-state index contributed by atoms with van der Waals surface area (Å²) in [4.78, 5) is 25.7. The molecule has 0 fully saturated rings. The average Bonchev–Trinajstić information content (AvgIpc) is 3.57. The van der Waals surface area contributed by atoms with Crippen LogP contribution in [0.3, 0.4) is 0 Å². The normalized spacial score (nSPS) is 12.4. The summed E-state index contributed by atoms with van der Waals surface area (Å²) >= 11 is 1.38. The fourth-order valence-corrected chi connectivity index (χ4v) is 4.66. The number of carbonyl (C=O) groups excluding carboxylic acids is 2. The lowest BCUT2D eigenvalue weighted by Gasteiger charge is -2.08. The van der Waals surface area contributed by atoms with Crippen LogP contribution in [-0.4, -0.2) is 21.6 Å². The number of nitrogens with one attached hydrogen (secondary N) is 2. The number of fused-ring (bicyclic) bond motifs is 1. The zero-order valence-electron chi connectivity index (χ0n) is 17.4. The van der Waals surface area contributed by atoms with Gasteiger partial charge in [-0.1, -0.05) is 30.3 Å². The van der Waals surface area contributed by atoms with Crippen LogP contribution in [0, 0.1) is 0 Å². The van der Waals surface area contributed by atoms with Crippen LogP contribution in [0.5, 0.6) is 0 Å². The molecule has 2 heterocycles. The first kappa shape index (κ1) is 20.2. The molecular weight excluding hydrogens is 420 g/mol. The largest absolute Gasteiger partial charge is 0.346 e. The van der Waals surface area contributed by atoms with Gasteiger partial charge in [-0.15, -0.1) is 11.3 Å². The zero-order valence-corrected chi connectivity index (χ0v) is 18.2. The highest BCUT2D eigenvalue weighted by molar-refractivity contribution is 7.12. The van der Waals surface area contributed by atoms with E-state index in [1.165, 1.54) is 22.6 Å². The van der Waals surface area contributed by atoms with E-state index in [0.29, 0.717) is 22.7 Å². The molecule has 2 N–H and O–H groups in total. The van der Waals surface area contributed by atoms with E-state index < -0.39 is 0 Å². The molecule has 2 aromatic carbocycles. The van der Waals surface area contributed by atoms with E-state index in [2.05, 4.69) is 10.6 Å². The van der Waals surface area contributed by atoms with Crippen molar-refractivity contribution in [2.75, 3.05) is 5.32 Å². The Kier molecular flexibility index (Phi) is 5.56. The standard InChI is InChI=1S/C25H22N4O2S/c30-24(17-7-4-8-18(15-17)27-25(31)23-13-6-14-32-23)26-16-21-20-11-5-12-22(20)29(28-21)19-9-2-1-3-10-19/h1-4,6-10,13-15H,5,11-12,16H2,(H,26,30)(H,27,31). The molecule has 0 aliphatic heterocycles. The summed E-state index contributed by atoms with van der Waals surface area (Å²) < 4.78 is 2.00. The Bertz CT molecular complexity index is 1260. The molecule has 2 aromatic heterocycles. The first-order chi connectivity index (χ1) is 15.7. The highest BCUT2D eigenvalue weighted by Gasteiger charge is 2.23. The molecule has 6 nitrogen and oxygen atoms in total. The van der Waals surface area contributed by atoms with Gasteiger partial charge in [0.1, 0.15) is 0 Å². The number of para-hydroxylation sites is 1. The second-order valence-corrected chi connectivity index (χ2v) is 8.62. The minimum absolute atomic E-state index is 0.181. The lowest BCUT2D eigenvalue weighted by Crippen LogP contribution is -2.24. The van der Waals surface area contributed by atoms with Crippen molar-refractivity contribution < 1.29 is 9.59 Å². The maximum absolute atomic E-state index is 12.8. The third kappa shape index (κ3) is 4.07. The second-order valence-electron chi connectivity index (χ2n) is 7.67. The van der Waals surface area contributed by atoms with E-state index in [0.717, 1.165) is 30.6 Å². The van der Waals surface area contributed by atoms with Crippen molar-refractivity contribution >= 4 is 28.8 Å². The smallest absolute Gasteiger partial charge is 0.265 e. The van der Waals surface area contributed by atoms with Crippen LogP contribution >= 0.6 is 11.3 Å². The summed E-state index contributed by atoms with van der Waals surface area (Å²) in [5.74, 6) is -0.377. The maximum atomic E-state index is 12.8. The number of rotatable bonds is 6.